The predicted molar refractivity (Wildman–Crippen MR) is 52.1 cm³/mol. The number of aliphatic carboxylic acids is 1. The van der Waals surface area contributed by atoms with Crippen molar-refractivity contribution in [1.82, 2.24) is 4.90 Å². The molecular formula is C10H17F2NO2. The molecule has 1 saturated heterocycles. The van der Waals surface area contributed by atoms with Crippen molar-refractivity contribution in [2.75, 3.05) is 13.1 Å². The molecule has 0 aliphatic carbocycles. The molecule has 1 heterocycles. The van der Waals surface area contributed by atoms with E-state index in [-0.39, 0.29) is 13.0 Å². The molecule has 0 spiro atoms. The Morgan fingerprint density at radius 3 is 2.73 bits per heavy atom. The SMILES string of the molecule is O=C(O)C1CCCCCN1CCC(F)F. The highest BCUT2D eigenvalue weighted by Crippen LogP contribution is 2.18. The minimum absolute atomic E-state index is 0.189. The first kappa shape index (κ1) is 12.4. The van der Waals surface area contributed by atoms with Gasteiger partial charge >= 0.3 is 5.97 Å². The Morgan fingerprint density at radius 1 is 1.40 bits per heavy atom. The Kier molecular flexibility index (Phi) is 4.94. The average molecular weight is 221 g/mol. The van der Waals surface area contributed by atoms with Gasteiger partial charge in [0.25, 0.3) is 0 Å². The summed E-state index contributed by atoms with van der Waals surface area (Å²) in [5.41, 5.74) is 0. The summed E-state index contributed by atoms with van der Waals surface area (Å²) in [6, 6.07) is -0.564. The molecule has 1 unspecified atom stereocenters. The summed E-state index contributed by atoms with van der Waals surface area (Å²) in [6.45, 7) is 0.818. The molecule has 0 aromatic rings. The van der Waals surface area contributed by atoms with E-state index < -0.39 is 18.4 Å². The van der Waals surface area contributed by atoms with Gasteiger partial charge in [0.15, 0.2) is 0 Å². The molecule has 88 valence electrons. The highest BCUT2D eigenvalue weighted by atomic mass is 19.3. The van der Waals surface area contributed by atoms with Crippen LogP contribution in [-0.4, -0.2) is 41.5 Å². The van der Waals surface area contributed by atoms with Gasteiger partial charge in [-0.25, -0.2) is 8.78 Å². The molecule has 1 rings (SSSR count). The number of carbonyl (C=O) groups is 1. The van der Waals surface area contributed by atoms with Gasteiger partial charge in [-0.3, -0.25) is 9.69 Å². The Morgan fingerprint density at radius 2 is 2.13 bits per heavy atom. The van der Waals surface area contributed by atoms with Gasteiger partial charge in [0.1, 0.15) is 6.04 Å². The van der Waals surface area contributed by atoms with E-state index in [1.807, 2.05) is 0 Å². The van der Waals surface area contributed by atoms with Crippen LogP contribution in [-0.2, 0) is 4.79 Å². The summed E-state index contributed by atoms with van der Waals surface area (Å²) in [5.74, 6) is -0.883. The molecule has 1 N–H and O–H groups in total. The third kappa shape index (κ3) is 4.11. The van der Waals surface area contributed by atoms with Crippen LogP contribution in [0.4, 0.5) is 8.78 Å². The van der Waals surface area contributed by atoms with Gasteiger partial charge < -0.3 is 5.11 Å². The van der Waals surface area contributed by atoms with Crippen molar-refractivity contribution in [2.24, 2.45) is 0 Å². The van der Waals surface area contributed by atoms with Gasteiger partial charge in [0.05, 0.1) is 0 Å². The number of likely N-dealkylation sites (tertiary alicyclic amines) is 1. The van der Waals surface area contributed by atoms with Crippen LogP contribution in [0.5, 0.6) is 0 Å². The standard InChI is InChI=1S/C10H17F2NO2/c11-9(12)5-7-13-6-3-1-2-4-8(13)10(14)15/h8-9H,1-7H2,(H,14,15). The second kappa shape index (κ2) is 6.00. The zero-order chi connectivity index (χ0) is 11.3. The van der Waals surface area contributed by atoms with Crippen molar-refractivity contribution in [3.05, 3.63) is 0 Å². The lowest BCUT2D eigenvalue weighted by atomic mass is 10.1. The van der Waals surface area contributed by atoms with Crippen LogP contribution in [0.3, 0.4) is 0 Å². The number of rotatable bonds is 4. The molecule has 1 aliphatic rings. The van der Waals surface area contributed by atoms with E-state index in [0.717, 1.165) is 19.3 Å². The average Bonchev–Trinajstić information content (AvgIpc) is 2.39. The van der Waals surface area contributed by atoms with Crippen LogP contribution in [0.2, 0.25) is 0 Å². The fourth-order valence-corrected chi connectivity index (χ4v) is 1.98. The molecule has 0 aromatic carbocycles. The maximum absolute atomic E-state index is 12.0. The van der Waals surface area contributed by atoms with Crippen LogP contribution in [0.1, 0.15) is 32.1 Å². The maximum atomic E-state index is 12.0. The Balaban J connectivity index is 2.50. The van der Waals surface area contributed by atoms with Crippen LogP contribution in [0, 0.1) is 0 Å². The van der Waals surface area contributed by atoms with E-state index in [9.17, 15) is 13.6 Å². The topological polar surface area (TPSA) is 40.5 Å². The number of carboxylic acid groups (broad SMARTS) is 1. The number of nitrogens with zero attached hydrogens (tertiary/aromatic N) is 1. The first-order valence-electron chi connectivity index (χ1n) is 5.36. The van der Waals surface area contributed by atoms with Gasteiger partial charge in [-0.2, -0.15) is 0 Å². The molecule has 0 amide bonds. The largest absolute Gasteiger partial charge is 0.480 e. The smallest absolute Gasteiger partial charge is 0.320 e. The summed E-state index contributed by atoms with van der Waals surface area (Å²) in [5, 5.41) is 8.97. The third-order valence-electron chi connectivity index (χ3n) is 2.78. The Bertz CT molecular complexity index is 212. The highest BCUT2D eigenvalue weighted by molar-refractivity contribution is 5.73. The fraction of sp³-hybridized carbons (Fsp3) is 0.900. The minimum Gasteiger partial charge on any atom is -0.480 e. The van der Waals surface area contributed by atoms with Crippen LogP contribution in [0.25, 0.3) is 0 Å². The van der Waals surface area contributed by atoms with E-state index in [1.54, 1.807) is 4.90 Å². The van der Waals surface area contributed by atoms with Crippen molar-refractivity contribution >= 4 is 5.97 Å². The molecule has 1 fully saturated rings. The monoisotopic (exact) mass is 221 g/mol. The molecule has 0 radical (unpaired) electrons. The number of alkyl halides is 2. The molecule has 5 heteroatoms. The van der Waals surface area contributed by atoms with Crippen molar-refractivity contribution < 1.29 is 18.7 Å². The molecule has 1 atom stereocenters. The molecule has 3 nitrogen and oxygen atoms in total. The lowest BCUT2D eigenvalue weighted by molar-refractivity contribution is -0.143. The second-order valence-electron chi connectivity index (χ2n) is 3.92. The first-order valence-corrected chi connectivity index (χ1v) is 5.36. The molecule has 1 aliphatic heterocycles. The summed E-state index contributed by atoms with van der Waals surface area (Å²) in [6.07, 6.45) is 0.787. The Labute approximate surface area is 88.1 Å². The van der Waals surface area contributed by atoms with Gasteiger partial charge in [0, 0.05) is 13.0 Å². The van der Waals surface area contributed by atoms with Gasteiger partial charge in [-0.05, 0) is 19.4 Å². The molecular weight excluding hydrogens is 204 g/mol. The van der Waals surface area contributed by atoms with E-state index in [0.29, 0.717) is 13.0 Å². The van der Waals surface area contributed by atoms with Crippen molar-refractivity contribution in [1.29, 1.82) is 0 Å². The van der Waals surface area contributed by atoms with Crippen LogP contribution >= 0.6 is 0 Å². The summed E-state index contributed by atoms with van der Waals surface area (Å²) >= 11 is 0. The molecule has 0 bridgehead atoms. The van der Waals surface area contributed by atoms with Crippen molar-refractivity contribution in [3.63, 3.8) is 0 Å². The highest BCUT2D eigenvalue weighted by Gasteiger charge is 2.27. The number of hydrogen-bond donors (Lipinski definition) is 1. The summed E-state index contributed by atoms with van der Waals surface area (Å²) < 4.78 is 24.1. The van der Waals surface area contributed by atoms with E-state index in [1.165, 1.54) is 0 Å². The lowest BCUT2D eigenvalue weighted by Gasteiger charge is -2.26. The van der Waals surface area contributed by atoms with Crippen LogP contribution < -0.4 is 0 Å². The minimum atomic E-state index is -2.34. The zero-order valence-corrected chi connectivity index (χ0v) is 8.66. The van der Waals surface area contributed by atoms with E-state index in [4.69, 9.17) is 5.11 Å². The van der Waals surface area contributed by atoms with Gasteiger partial charge in [-0.15, -0.1) is 0 Å². The zero-order valence-electron chi connectivity index (χ0n) is 8.66. The van der Waals surface area contributed by atoms with Crippen LogP contribution in [0.15, 0.2) is 0 Å². The first-order chi connectivity index (χ1) is 7.11. The maximum Gasteiger partial charge on any atom is 0.320 e. The van der Waals surface area contributed by atoms with Gasteiger partial charge in [0.2, 0.25) is 6.43 Å². The second-order valence-corrected chi connectivity index (χ2v) is 3.92. The van der Waals surface area contributed by atoms with Gasteiger partial charge in [-0.1, -0.05) is 12.8 Å². The number of hydrogen-bond acceptors (Lipinski definition) is 2. The quantitative estimate of drug-likeness (QED) is 0.789. The van der Waals surface area contributed by atoms with Crippen molar-refractivity contribution in [2.45, 2.75) is 44.6 Å². The lowest BCUT2D eigenvalue weighted by Crippen LogP contribution is -2.41. The fourth-order valence-electron chi connectivity index (χ4n) is 1.98. The molecule has 0 aromatic heterocycles. The molecule has 15 heavy (non-hydrogen) atoms. The summed E-state index contributed by atoms with van der Waals surface area (Å²) in [4.78, 5) is 12.6. The number of halogens is 2. The van der Waals surface area contributed by atoms with Crippen molar-refractivity contribution in [3.8, 4) is 0 Å². The Hall–Kier alpha value is -0.710. The third-order valence-corrected chi connectivity index (χ3v) is 2.78. The van der Waals surface area contributed by atoms with E-state index >= 15 is 0 Å². The number of carboxylic acids is 1. The predicted octanol–water partition coefficient (Wildman–Crippen LogP) is 1.97. The van der Waals surface area contributed by atoms with E-state index in [2.05, 4.69) is 0 Å². The summed E-state index contributed by atoms with van der Waals surface area (Å²) in [7, 11) is 0. The normalized spacial score (nSPS) is 24.1. The molecule has 0 saturated carbocycles.